The van der Waals surface area contributed by atoms with Crippen LogP contribution in [0.25, 0.3) is 0 Å². The highest BCUT2D eigenvalue weighted by Crippen LogP contribution is 2.17. The number of nitrogens with two attached hydrogens (primary N) is 1. The molecule has 5 nitrogen and oxygen atoms in total. The number of aryl methyl sites for hydroxylation is 4. The van der Waals surface area contributed by atoms with E-state index in [4.69, 9.17) is 0 Å². The summed E-state index contributed by atoms with van der Waals surface area (Å²) in [5, 5.41) is 1.17. The summed E-state index contributed by atoms with van der Waals surface area (Å²) in [6.45, 7) is 21.1. The molecule has 3 rings (SSSR count). The minimum atomic E-state index is 0.658. The fraction of sp³-hybridized carbons (Fsp3) is 0.545. The monoisotopic (exact) mass is 405 g/mol. The lowest BCUT2D eigenvalue weighted by atomic mass is 10.2. The predicted octanol–water partition coefficient (Wildman–Crippen LogP) is 3.97. The summed E-state index contributed by atoms with van der Waals surface area (Å²) >= 11 is 1.82. The zero-order chi connectivity index (χ0) is 21.7. The molecule has 3 heterocycles. The Morgan fingerprint density at radius 3 is 2.11 bits per heavy atom. The second-order valence-electron chi connectivity index (χ2n) is 6.85. The number of nitrogens with zero attached hydrogens (tertiary/aromatic N) is 4. The fourth-order valence-corrected chi connectivity index (χ4v) is 3.95. The first-order valence-electron chi connectivity index (χ1n) is 9.67. The minimum absolute atomic E-state index is 0.658. The van der Waals surface area contributed by atoms with E-state index in [0.717, 1.165) is 17.9 Å². The SMILES string of the molecule is C=C.CN.Cc1cc(C)nc(C)c1.Cc1ncc(CN2CCN(C)CC2C)s1. The van der Waals surface area contributed by atoms with Crippen molar-refractivity contribution in [3.63, 3.8) is 0 Å². The largest absolute Gasteiger partial charge is 0.333 e. The number of pyridine rings is 1. The van der Waals surface area contributed by atoms with Crippen LogP contribution >= 0.6 is 11.3 Å². The van der Waals surface area contributed by atoms with Gasteiger partial charge in [0.1, 0.15) is 0 Å². The van der Waals surface area contributed by atoms with E-state index < -0.39 is 0 Å². The molecule has 0 spiro atoms. The van der Waals surface area contributed by atoms with Crippen LogP contribution in [0, 0.1) is 27.7 Å². The topological polar surface area (TPSA) is 58.3 Å². The van der Waals surface area contributed by atoms with E-state index in [9.17, 15) is 0 Å². The van der Waals surface area contributed by atoms with E-state index in [2.05, 4.69) is 78.6 Å². The number of rotatable bonds is 2. The highest BCUT2D eigenvalue weighted by molar-refractivity contribution is 7.11. The maximum Gasteiger partial charge on any atom is 0.0897 e. The number of likely N-dealkylation sites (N-methyl/N-ethyl adjacent to an activating group) is 1. The van der Waals surface area contributed by atoms with Crippen molar-refractivity contribution in [2.45, 2.75) is 47.2 Å². The zero-order valence-electron chi connectivity index (χ0n) is 18.8. The van der Waals surface area contributed by atoms with Crippen molar-refractivity contribution in [2.24, 2.45) is 5.73 Å². The molecule has 0 aliphatic carbocycles. The normalized spacial score (nSPS) is 16.6. The van der Waals surface area contributed by atoms with E-state index in [-0.39, 0.29) is 0 Å². The summed E-state index contributed by atoms with van der Waals surface area (Å²) in [6.07, 6.45) is 2.02. The van der Waals surface area contributed by atoms with Gasteiger partial charge in [0.15, 0.2) is 0 Å². The maximum absolute atomic E-state index is 4.50. The highest BCUT2D eigenvalue weighted by Gasteiger charge is 2.21. The van der Waals surface area contributed by atoms with Gasteiger partial charge in [0.05, 0.1) is 5.01 Å². The molecular weight excluding hydrogens is 366 g/mol. The van der Waals surface area contributed by atoms with Crippen LogP contribution in [0.4, 0.5) is 0 Å². The standard InChI is InChI=1S/C11H19N3S.C8H11N.C2H4.CH5N/c1-9-7-13(3)4-5-14(9)8-11-6-12-10(2)15-11;1-6-4-7(2)9-8(3)5-6;2*1-2/h6,9H,4-5,7-8H2,1-3H3;4-5H,1-3H3;1-2H2;2H2,1H3. The van der Waals surface area contributed by atoms with E-state index in [0.29, 0.717) is 6.04 Å². The van der Waals surface area contributed by atoms with Crippen molar-refractivity contribution < 1.29 is 0 Å². The van der Waals surface area contributed by atoms with Crippen molar-refractivity contribution in [1.82, 2.24) is 19.8 Å². The number of thiazole rings is 1. The Morgan fingerprint density at radius 2 is 1.68 bits per heavy atom. The molecule has 1 fully saturated rings. The van der Waals surface area contributed by atoms with E-state index >= 15 is 0 Å². The first-order chi connectivity index (χ1) is 13.3. The third-order valence-corrected chi connectivity index (χ3v) is 5.12. The molecule has 6 heteroatoms. The van der Waals surface area contributed by atoms with Gasteiger partial charge in [0.2, 0.25) is 0 Å². The molecule has 1 aliphatic rings. The molecule has 0 amide bonds. The van der Waals surface area contributed by atoms with Crippen LogP contribution < -0.4 is 5.73 Å². The number of hydrogen-bond donors (Lipinski definition) is 1. The fourth-order valence-electron chi connectivity index (χ4n) is 3.13. The molecule has 0 radical (unpaired) electrons. The predicted molar refractivity (Wildman–Crippen MR) is 124 cm³/mol. The molecule has 0 bridgehead atoms. The van der Waals surface area contributed by atoms with Crippen LogP contribution in [0.2, 0.25) is 0 Å². The molecule has 1 aliphatic heterocycles. The second-order valence-corrected chi connectivity index (χ2v) is 8.17. The van der Waals surface area contributed by atoms with Crippen LogP contribution in [0.1, 0.15) is 33.8 Å². The Hall–Kier alpha value is -1.60. The van der Waals surface area contributed by atoms with Gasteiger partial charge < -0.3 is 10.6 Å². The average Bonchev–Trinajstić information content (AvgIpc) is 3.05. The first-order valence-corrected chi connectivity index (χ1v) is 10.5. The van der Waals surface area contributed by atoms with Crippen molar-refractivity contribution in [2.75, 3.05) is 33.7 Å². The molecule has 1 unspecified atom stereocenters. The van der Waals surface area contributed by atoms with Gasteiger partial charge in [-0.25, -0.2) is 4.98 Å². The van der Waals surface area contributed by atoms with Crippen LogP contribution in [-0.2, 0) is 6.54 Å². The molecule has 2 aromatic rings. The molecule has 1 atom stereocenters. The quantitative estimate of drug-likeness (QED) is 0.766. The van der Waals surface area contributed by atoms with Crippen molar-refractivity contribution in [3.8, 4) is 0 Å². The smallest absolute Gasteiger partial charge is 0.0897 e. The summed E-state index contributed by atoms with van der Waals surface area (Å²) < 4.78 is 0. The van der Waals surface area contributed by atoms with Crippen LogP contribution in [-0.4, -0.2) is 59.5 Å². The number of piperazine rings is 1. The van der Waals surface area contributed by atoms with Gasteiger partial charge in [0.25, 0.3) is 0 Å². The van der Waals surface area contributed by atoms with Gasteiger partial charge in [-0.3, -0.25) is 9.88 Å². The van der Waals surface area contributed by atoms with E-state index in [1.807, 2.05) is 31.4 Å². The van der Waals surface area contributed by atoms with Crippen LogP contribution in [0.3, 0.4) is 0 Å². The van der Waals surface area contributed by atoms with Crippen molar-refractivity contribution in [1.29, 1.82) is 0 Å². The maximum atomic E-state index is 4.50. The van der Waals surface area contributed by atoms with Gasteiger partial charge in [-0.15, -0.1) is 24.5 Å². The molecule has 28 heavy (non-hydrogen) atoms. The number of aromatic nitrogens is 2. The summed E-state index contributed by atoms with van der Waals surface area (Å²) in [5.74, 6) is 0. The van der Waals surface area contributed by atoms with Gasteiger partial charge in [-0.2, -0.15) is 0 Å². The van der Waals surface area contributed by atoms with Crippen LogP contribution in [0.5, 0.6) is 0 Å². The lowest BCUT2D eigenvalue weighted by molar-refractivity contribution is 0.0947. The zero-order valence-corrected chi connectivity index (χ0v) is 19.6. The van der Waals surface area contributed by atoms with Crippen molar-refractivity contribution in [3.05, 3.63) is 58.3 Å². The minimum Gasteiger partial charge on any atom is -0.333 e. The number of hydrogen-bond acceptors (Lipinski definition) is 6. The third kappa shape index (κ3) is 10.1. The summed E-state index contributed by atoms with van der Waals surface area (Å²) in [6, 6.07) is 4.81. The second kappa shape index (κ2) is 14.4. The summed E-state index contributed by atoms with van der Waals surface area (Å²) in [7, 11) is 3.70. The Kier molecular flexibility index (Phi) is 13.6. The van der Waals surface area contributed by atoms with Gasteiger partial charge in [-0.05, 0) is 66.4 Å². The molecule has 2 N–H and O–H groups in total. The Bertz CT molecular complexity index is 620. The lowest BCUT2D eigenvalue weighted by Crippen LogP contribution is -2.49. The molecular formula is C22H39N5S. The average molecular weight is 406 g/mol. The lowest BCUT2D eigenvalue weighted by Gasteiger charge is -2.37. The summed E-state index contributed by atoms with van der Waals surface area (Å²) in [4.78, 5) is 14.9. The highest BCUT2D eigenvalue weighted by atomic mass is 32.1. The van der Waals surface area contributed by atoms with Gasteiger partial charge >= 0.3 is 0 Å². The Balaban J connectivity index is 0.000000481. The first kappa shape index (κ1) is 26.4. The third-order valence-electron chi connectivity index (χ3n) is 4.22. The van der Waals surface area contributed by atoms with Gasteiger partial charge in [0, 0.05) is 54.7 Å². The van der Waals surface area contributed by atoms with Gasteiger partial charge in [-0.1, -0.05) is 0 Å². The van der Waals surface area contributed by atoms with Crippen LogP contribution in [0.15, 0.2) is 31.5 Å². The molecule has 2 aromatic heterocycles. The Morgan fingerprint density at radius 1 is 1.11 bits per heavy atom. The summed E-state index contributed by atoms with van der Waals surface area (Å²) in [5.41, 5.74) is 8.00. The Labute approximate surface area is 176 Å². The molecule has 0 aromatic carbocycles. The molecule has 158 valence electrons. The molecule has 0 saturated carbocycles. The molecule has 1 saturated heterocycles. The van der Waals surface area contributed by atoms with E-state index in [1.165, 1.54) is 42.1 Å². The van der Waals surface area contributed by atoms with Crippen molar-refractivity contribution >= 4 is 11.3 Å². The van der Waals surface area contributed by atoms with E-state index in [1.54, 1.807) is 0 Å².